The summed E-state index contributed by atoms with van der Waals surface area (Å²) in [6, 6.07) is 3.47. The van der Waals surface area contributed by atoms with E-state index in [1.54, 1.807) is 31.2 Å². The van der Waals surface area contributed by atoms with Crippen LogP contribution in [0.1, 0.15) is 41.9 Å². The predicted octanol–water partition coefficient (Wildman–Crippen LogP) is 0.932. The van der Waals surface area contributed by atoms with E-state index in [0.29, 0.717) is 31.6 Å². The summed E-state index contributed by atoms with van der Waals surface area (Å²) in [6.07, 6.45) is 2.65. The minimum atomic E-state index is -0.474. The highest BCUT2D eigenvalue weighted by molar-refractivity contribution is 5.92. The first-order valence-electron chi connectivity index (χ1n) is 7.85. The van der Waals surface area contributed by atoms with Gasteiger partial charge in [-0.1, -0.05) is 0 Å². The Labute approximate surface area is 136 Å². The van der Waals surface area contributed by atoms with Crippen LogP contribution in [0.25, 0.3) is 0 Å². The van der Waals surface area contributed by atoms with Crippen molar-refractivity contribution in [3.8, 4) is 0 Å². The number of rotatable bonds is 5. The molecule has 1 saturated heterocycles. The van der Waals surface area contributed by atoms with Gasteiger partial charge in [0, 0.05) is 27.1 Å². The first-order chi connectivity index (χ1) is 11.0. The molecule has 2 heterocycles. The Hall–Kier alpha value is -2.02. The zero-order chi connectivity index (χ0) is 16.9. The molecule has 1 fully saturated rings. The fraction of sp³-hybridized carbons (Fsp3) is 0.625. The van der Waals surface area contributed by atoms with Crippen LogP contribution in [0.3, 0.4) is 0 Å². The van der Waals surface area contributed by atoms with Crippen molar-refractivity contribution in [2.45, 2.75) is 38.2 Å². The maximum Gasteiger partial charge on any atom is 0.274 e. The van der Waals surface area contributed by atoms with Crippen molar-refractivity contribution in [1.82, 2.24) is 20.4 Å². The average molecular weight is 320 g/mol. The largest absolute Gasteiger partial charge is 0.376 e. The van der Waals surface area contributed by atoms with E-state index in [9.17, 15) is 9.59 Å². The molecular weight excluding hydrogens is 296 g/mol. The number of likely N-dealkylation sites (tertiary alicyclic amines) is 1. The number of hydrogen-bond donors (Lipinski definition) is 1. The molecule has 2 rings (SSSR count). The molecule has 0 radical (unpaired) electrons. The van der Waals surface area contributed by atoms with Crippen LogP contribution in [-0.2, 0) is 9.53 Å². The van der Waals surface area contributed by atoms with Crippen LogP contribution >= 0.6 is 0 Å². The van der Waals surface area contributed by atoms with Gasteiger partial charge < -0.3 is 15.0 Å². The van der Waals surface area contributed by atoms with Gasteiger partial charge in [-0.15, -0.1) is 5.10 Å². The Morgan fingerprint density at radius 2 is 2.17 bits per heavy atom. The quantitative estimate of drug-likeness (QED) is 0.872. The lowest BCUT2D eigenvalue weighted by Crippen LogP contribution is -2.52. The number of carbonyl (C=O) groups is 2. The molecule has 7 heteroatoms. The van der Waals surface area contributed by atoms with Gasteiger partial charge in [0.25, 0.3) is 5.91 Å². The molecule has 0 aliphatic carbocycles. The van der Waals surface area contributed by atoms with E-state index in [4.69, 9.17) is 4.74 Å². The van der Waals surface area contributed by atoms with Crippen LogP contribution in [0.2, 0.25) is 0 Å². The number of piperidine rings is 1. The standard InChI is InChI=1S/C16H24N4O3/c1-12-5-6-13(19-18-12)15(22)20-10-4-8-16(11-20,23-3)9-7-14(21)17-2/h5-6H,4,7-11H2,1-3H3,(H,17,21)/t16-/m0/s1. The van der Waals surface area contributed by atoms with Gasteiger partial charge in [-0.05, 0) is 38.3 Å². The van der Waals surface area contributed by atoms with E-state index in [-0.39, 0.29) is 11.8 Å². The smallest absolute Gasteiger partial charge is 0.274 e. The Balaban J connectivity index is 2.07. The van der Waals surface area contributed by atoms with Crippen LogP contribution in [0.5, 0.6) is 0 Å². The number of nitrogens with one attached hydrogen (secondary N) is 1. The SMILES string of the molecule is CNC(=O)CC[C@@]1(OC)CCCN(C(=O)c2ccc(C)nn2)C1. The zero-order valence-corrected chi connectivity index (χ0v) is 14.0. The minimum absolute atomic E-state index is 0.0192. The van der Waals surface area contributed by atoms with Crippen LogP contribution in [-0.4, -0.2) is 59.8 Å². The molecule has 1 aromatic rings. The van der Waals surface area contributed by atoms with Gasteiger partial charge in [-0.3, -0.25) is 9.59 Å². The second kappa shape index (κ2) is 7.50. The van der Waals surface area contributed by atoms with Crippen LogP contribution in [0.4, 0.5) is 0 Å². The first-order valence-corrected chi connectivity index (χ1v) is 7.85. The number of carbonyl (C=O) groups excluding carboxylic acids is 2. The number of aromatic nitrogens is 2. The lowest BCUT2D eigenvalue weighted by molar-refractivity contribution is -0.123. The van der Waals surface area contributed by atoms with E-state index in [1.807, 2.05) is 6.92 Å². The third-order valence-corrected chi connectivity index (χ3v) is 4.36. The van der Waals surface area contributed by atoms with Crippen LogP contribution in [0.15, 0.2) is 12.1 Å². The van der Waals surface area contributed by atoms with E-state index in [2.05, 4.69) is 15.5 Å². The number of methoxy groups -OCH3 is 1. The zero-order valence-electron chi connectivity index (χ0n) is 14.0. The van der Waals surface area contributed by atoms with Gasteiger partial charge in [0.15, 0.2) is 5.69 Å². The molecule has 0 spiro atoms. The second-order valence-electron chi connectivity index (χ2n) is 5.95. The van der Waals surface area contributed by atoms with Crippen molar-refractivity contribution in [2.24, 2.45) is 0 Å². The second-order valence-corrected chi connectivity index (χ2v) is 5.95. The van der Waals surface area contributed by atoms with Gasteiger partial charge >= 0.3 is 0 Å². The molecule has 2 amide bonds. The molecule has 126 valence electrons. The van der Waals surface area contributed by atoms with E-state index in [1.165, 1.54) is 0 Å². The van der Waals surface area contributed by atoms with Crippen molar-refractivity contribution < 1.29 is 14.3 Å². The Morgan fingerprint density at radius 3 is 2.78 bits per heavy atom. The summed E-state index contributed by atoms with van der Waals surface area (Å²) < 4.78 is 5.70. The normalized spacial score (nSPS) is 21.1. The summed E-state index contributed by atoms with van der Waals surface area (Å²) in [5.74, 6) is -0.159. The third kappa shape index (κ3) is 4.25. The van der Waals surface area contributed by atoms with E-state index >= 15 is 0 Å². The third-order valence-electron chi connectivity index (χ3n) is 4.36. The molecule has 23 heavy (non-hydrogen) atoms. The van der Waals surface area contributed by atoms with Gasteiger partial charge in [0.05, 0.1) is 17.8 Å². The maximum absolute atomic E-state index is 12.6. The first kappa shape index (κ1) is 17.3. The summed E-state index contributed by atoms with van der Waals surface area (Å²) in [5.41, 5.74) is 0.643. The summed E-state index contributed by atoms with van der Waals surface area (Å²) >= 11 is 0. The lowest BCUT2D eigenvalue weighted by atomic mass is 9.87. The van der Waals surface area contributed by atoms with E-state index < -0.39 is 5.60 Å². The number of hydrogen-bond acceptors (Lipinski definition) is 5. The van der Waals surface area contributed by atoms with Crippen molar-refractivity contribution >= 4 is 11.8 Å². The number of nitrogens with zero attached hydrogens (tertiary/aromatic N) is 3. The average Bonchev–Trinajstić information content (AvgIpc) is 2.60. The van der Waals surface area contributed by atoms with Crippen molar-refractivity contribution in [2.75, 3.05) is 27.2 Å². The van der Waals surface area contributed by atoms with Crippen molar-refractivity contribution in [3.05, 3.63) is 23.5 Å². The maximum atomic E-state index is 12.6. The highest BCUT2D eigenvalue weighted by atomic mass is 16.5. The summed E-state index contributed by atoms with van der Waals surface area (Å²) in [5, 5.41) is 10.5. The molecule has 7 nitrogen and oxygen atoms in total. The molecule has 1 aromatic heterocycles. The van der Waals surface area contributed by atoms with E-state index in [0.717, 1.165) is 18.5 Å². The molecule has 0 unspecified atom stereocenters. The monoisotopic (exact) mass is 320 g/mol. The summed E-state index contributed by atoms with van der Waals surface area (Å²) in [7, 11) is 3.26. The molecule has 1 N–H and O–H groups in total. The van der Waals surface area contributed by atoms with Crippen molar-refractivity contribution in [3.63, 3.8) is 0 Å². The highest BCUT2D eigenvalue weighted by Gasteiger charge is 2.38. The molecule has 1 aliphatic rings. The molecule has 0 saturated carbocycles. The molecular formula is C16H24N4O3. The Morgan fingerprint density at radius 1 is 1.39 bits per heavy atom. The number of ether oxygens (including phenoxy) is 1. The van der Waals surface area contributed by atoms with Crippen LogP contribution in [0, 0.1) is 6.92 Å². The number of amides is 2. The molecule has 0 bridgehead atoms. The minimum Gasteiger partial charge on any atom is -0.376 e. The molecule has 1 atom stereocenters. The summed E-state index contributed by atoms with van der Waals surface area (Å²) in [4.78, 5) is 25.9. The highest BCUT2D eigenvalue weighted by Crippen LogP contribution is 2.29. The summed E-state index contributed by atoms with van der Waals surface area (Å²) in [6.45, 7) is 2.96. The molecule has 1 aliphatic heterocycles. The van der Waals surface area contributed by atoms with Gasteiger partial charge in [-0.2, -0.15) is 5.10 Å². The predicted molar refractivity (Wildman–Crippen MR) is 84.9 cm³/mol. The lowest BCUT2D eigenvalue weighted by Gasteiger charge is -2.41. The number of aryl methyl sites for hydroxylation is 1. The molecule has 0 aromatic carbocycles. The topological polar surface area (TPSA) is 84.4 Å². The van der Waals surface area contributed by atoms with Gasteiger partial charge in [0.1, 0.15) is 0 Å². The van der Waals surface area contributed by atoms with Crippen molar-refractivity contribution in [1.29, 1.82) is 0 Å². The van der Waals surface area contributed by atoms with Gasteiger partial charge in [0.2, 0.25) is 5.91 Å². The van der Waals surface area contributed by atoms with Gasteiger partial charge in [-0.25, -0.2) is 0 Å². The van der Waals surface area contributed by atoms with Crippen LogP contribution < -0.4 is 5.32 Å². The fourth-order valence-electron chi connectivity index (χ4n) is 2.89. The Bertz CT molecular complexity index is 561. The Kier molecular flexibility index (Phi) is 5.65. The fourth-order valence-corrected chi connectivity index (χ4v) is 2.89.